The second kappa shape index (κ2) is 9.54. The lowest BCUT2D eigenvalue weighted by molar-refractivity contribution is -0.372. The van der Waals surface area contributed by atoms with Crippen LogP contribution in [0.1, 0.15) is 13.8 Å². The first-order chi connectivity index (χ1) is 14.0. The summed E-state index contributed by atoms with van der Waals surface area (Å²) in [5.74, 6) is 0. The van der Waals surface area contributed by atoms with Gasteiger partial charge < -0.3 is 64.5 Å². The minimum absolute atomic E-state index is 0.312. The van der Waals surface area contributed by atoms with E-state index in [2.05, 4.69) is 0 Å². The molecule has 3 aliphatic rings. The van der Waals surface area contributed by atoms with Gasteiger partial charge in [-0.1, -0.05) is 0 Å². The number of ether oxygens (including phenoxy) is 5. The van der Waals surface area contributed by atoms with Crippen LogP contribution in [-0.2, 0) is 23.7 Å². The van der Waals surface area contributed by atoms with Gasteiger partial charge >= 0.3 is 0 Å². The first-order valence-corrected chi connectivity index (χ1v) is 9.71. The summed E-state index contributed by atoms with van der Waals surface area (Å²) in [6.45, 7) is 2.61. The highest BCUT2D eigenvalue weighted by Gasteiger charge is 2.51. The summed E-state index contributed by atoms with van der Waals surface area (Å²) in [4.78, 5) is 0. The number of hydrogen-bond acceptors (Lipinski definition) is 13. The molecule has 0 aromatic heterocycles. The van der Waals surface area contributed by atoms with Crippen LogP contribution < -0.4 is 0 Å². The van der Waals surface area contributed by atoms with Crippen LogP contribution in [-0.4, -0.2) is 133 Å². The van der Waals surface area contributed by atoms with Crippen LogP contribution in [0.2, 0.25) is 0 Å². The lowest BCUT2D eigenvalue weighted by Gasteiger charge is -2.46. The van der Waals surface area contributed by atoms with Crippen LogP contribution in [0.4, 0.5) is 0 Å². The molecule has 8 N–H and O–H groups in total. The molecule has 0 bridgehead atoms. The molecule has 3 saturated heterocycles. The van der Waals surface area contributed by atoms with Gasteiger partial charge in [-0.25, -0.2) is 0 Å². The molecule has 3 heterocycles. The normalized spacial score (nSPS) is 55.4. The van der Waals surface area contributed by atoms with E-state index < -0.39 is 86.0 Å². The first kappa shape index (κ1) is 24.1. The molecule has 13 heteroatoms. The smallest absolute Gasteiger partial charge is 0.187 e. The third kappa shape index (κ3) is 4.63. The van der Waals surface area contributed by atoms with Gasteiger partial charge in [0.2, 0.25) is 0 Å². The summed E-state index contributed by atoms with van der Waals surface area (Å²) in [6.07, 6.45) is -19.7. The maximum Gasteiger partial charge on any atom is 0.187 e. The second-order valence-corrected chi connectivity index (χ2v) is 7.86. The summed E-state index contributed by atoms with van der Waals surface area (Å²) < 4.78 is 26.6. The highest BCUT2D eigenvalue weighted by molar-refractivity contribution is 4.93. The average molecular weight is 442 g/mol. The van der Waals surface area contributed by atoms with E-state index in [1.54, 1.807) is 0 Å². The Morgan fingerprint density at radius 1 is 0.600 bits per heavy atom. The van der Waals surface area contributed by atoms with E-state index in [-0.39, 0.29) is 6.61 Å². The van der Waals surface area contributed by atoms with Crippen LogP contribution in [0.15, 0.2) is 0 Å². The van der Waals surface area contributed by atoms with E-state index in [9.17, 15) is 40.9 Å². The van der Waals surface area contributed by atoms with Gasteiger partial charge in [-0.15, -0.1) is 0 Å². The summed E-state index contributed by atoms with van der Waals surface area (Å²) in [5.41, 5.74) is 0. The van der Waals surface area contributed by atoms with Crippen molar-refractivity contribution in [3.05, 3.63) is 0 Å². The Bertz CT molecular complexity index is 566. The molecule has 1 unspecified atom stereocenters. The summed E-state index contributed by atoms with van der Waals surface area (Å²) in [5, 5.41) is 80.1. The van der Waals surface area contributed by atoms with Crippen LogP contribution in [0.3, 0.4) is 0 Å². The molecular formula is C17H30O13. The van der Waals surface area contributed by atoms with E-state index in [1.165, 1.54) is 13.8 Å². The van der Waals surface area contributed by atoms with Crippen molar-refractivity contribution in [2.75, 3.05) is 6.61 Å². The lowest BCUT2D eigenvalue weighted by Crippen LogP contribution is -2.64. The molecule has 3 fully saturated rings. The zero-order chi connectivity index (χ0) is 22.3. The summed E-state index contributed by atoms with van der Waals surface area (Å²) in [7, 11) is 0. The lowest BCUT2D eigenvalue weighted by atomic mass is 9.97. The summed E-state index contributed by atoms with van der Waals surface area (Å²) in [6, 6.07) is 0. The van der Waals surface area contributed by atoms with Gasteiger partial charge in [-0.05, 0) is 13.8 Å². The average Bonchev–Trinajstić information content (AvgIpc) is 2.70. The van der Waals surface area contributed by atoms with E-state index in [0.717, 1.165) is 0 Å². The standard InChI is InChI=1S/C17H30O13/c1-4-7(19)9(21)14(15(25)27-4)30-17-12(24)10(22)13(5(2)28-17)29-16-11(23)8(20)6(18)3-26-16/h4-25H,3H2,1-2H3/t4-,5+,6-,7+,8+,9+,10+,11-,12-,13+,14-,15?,16+,17+/m1/s1. The Hall–Kier alpha value is -0.520. The van der Waals surface area contributed by atoms with E-state index in [0.29, 0.717) is 0 Å². The Balaban J connectivity index is 1.63. The van der Waals surface area contributed by atoms with Crippen molar-refractivity contribution in [1.29, 1.82) is 0 Å². The fourth-order valence-corrected chi connectivity index (χ4v) is 3.68. The molecule has 0 aromatic rings. The zero-order valence-electron chi connectivity index (χ0n) is 16.4. The molecule has 14 atom stereocenters. The van der Waals surface area contributed by atoms with Gasteiger partial charge in [0.15, 0.2) is 18.9 Å². The molecule has 176 valence electrons. The maximum absolute atomic E-state index is 10.5. The van der Waals surface area contributed by atoms with Crippen LogP contribution in [0.5, 0.6) is 0 Å². The summed E-state index contributed by atoms with van der Waals surface area (Å²) >= 11 is 0. The molecule has 30 heavy (non-hydrogen) atoms. The van der Waals surface area contributed by atoms with Crippen molar-refractivity contribution in [2.45, 2.75) is 99.9 Å². The number of aliphatic hydroxyl groups excluding tert-OH is 8. The fraction of sp³-hybridized carbons (Fsp3) is 1.00. The molecule has 0 radical (unpaired) electrons. The first-order valence-electron chi connectivity index (χ1n) is 9.71. The Labute approximate surface area is 171 Å². The van der Waals surface area contributed by atoms with Gasteiger partial charge in [-0.3, -0.25) is 0 Å². The predicted octanol–water partition coefficient (Wildman–Crippen LogP) is -4.88. The van der Waals surface area contributed by atoms with Crippen LogP contribution in [0, 0.1) is 0 Å². The molecule has 3 aliphatic heterocycles. The zero-order valence-corrected chi connectivity index (χ0v) is 16.4. The minimum Gasteiger partial charge on any atom is -0.388 e. The van der Waals surface area contributed by atoms with Gasteiger partial charge in [-0.2, -0.15) is 0 Å². The van der Waals surface area contributed by atoms with Gasteiger partial charge in [0.1, 0.15) is 54.9 Å². The van der Waals surface area contributed by atoms with Crippen molar-refractivity contribution in [3.8, 4) is 0 Å². The highest BCUT2D eigenvalue weighted by Crippen LogP contribution is 2.31. The second-order valence-electron chi connectivity index (χ2n) is 7.86. The third-order valence-corrected chi connectivity index (χ3v) is 5.62. The predicted molar refractivity (Wildman–Crippen MR) is 92.4 cm³/mol. The van der Waals surface area contributed by atoms with Gasteiger partial charge in [0, 0.05) is 0 Å². The highest BCUT2D eigenvalue weighted by atomic mass is 16.7. The minimum atomic E-state index is -1.71. The maximum atomic E-state index is 10.5. The Morgan fingerprint density at radius 3 is 1.83 bits per heavy atom. The number of aliphatic hydroxyl groups is 8. The third-order valence-electron chi connectivity index (χ3n) is 5.62. The molecule has 0 spiro atoms. The van der Waals surface area contributed by atoms with E-state index in [1.807, 2.05) is 0 Å². The molecule has 13 nitrogen and oxygen atoms in total. The Kier molecular flexibility index (Phi) is 7.67. The van der Waals surface area contributed by atoms with E-state index in [4.69, 9.17) is 23.7 Å². The Morgan fingerprint density at radius 2 is 1.17 bits per heavy atom. The molecule has 0 amide bonds. The van der Waals surface area contributed by atoms with Crippen molar-refractivity contribution in [1.82, 2.24) is 0 Å². The van der Waals surface area contributed by atoms with Crippen molar-refractivity contribution >= 4 is 0 Å². The van der Waals surface area contributed by atoms with E-state index >= 15 is 0 Å². The monoisotopic (exact) mass is 442 g/mol. The quantitative estimate of drug-likeness (QED) is 0.206. The topological polar surface area (TPSA) is 208 Å². The van der Waals surface area contributed by atoms with Gasteiger partial charge in [0.25, 0.3) is 0 Å². The number of hydrogen-bond donors (Lipinski definition) is 8. The molecule has 0 aliphatic carbocycles. The van der Waals surface area contributed by atoms with Gasteiger partial charge in [0.05, 0.1) is 18.8 Å². The van der Waals surface area contributed by atoms with Crippen LogP contribution in [0.25, 0.3) is 0 Å². The molecular weight excluding hydrogens is 412 g/mol. The molecule has 0 saturated carbocycles. The fourth-order valence-electron chi connectivity index (χ4n) is 3.68. The van der Waals surface area contributed by atoms with Crippen LogP contribution >= 0.6 is 0 Å². The largest absolute Gasteiger partial charge is 0.388 e. The van der Waals surface area contributed by atoms with Crippen molar-refractivity contribution < 1.29 is 64.5 Å². The van der Waals surface area contributed by atoms with Crippen molar-refractivity contribution in [2.24, 2.45) is 0 Å². The number of rotatable bonds is 4. The SMILES string of the molecule is C[C@@H]1O[C@@H](O[C@H]2C(O)O[C@H](C)[C@H](O)[C@@H]2O)[C@H](O)[C@H](O)[C@H]1O[C@@H]1OC[C@@H](O)[C@H](O)[C@H]1O. The van der Waals surface area contributed by atoms with Crippen molar-refractivity contribution in [3.63, 3.8) is 0 Å². The molecule has 3 rings (SSSR count). The molecule has 0 aromatic carbocycles.